The Morgan fingerprint density at radius 3 is 2.33 bits per heavy atom. The molecule has 2 aromatic rings. The van der Waals surface area contributed by atoms with Gasteiger partial charge in [-0.15, -0.1) is 0 Å². The van der Waals surface area contributed by atoms with Crippen LogP contribution < -0.4 is 14.7 Å². The molecule has 0 amide bonds. The quantitative estimate of drug-likeness (QED) is 0.828. The van der Waals surface area contributed by atoms with Crippen LogP contribution in [-0.4, -0.2) is 54.2 Å². The molecule has 0 aliphatic carbocycles. The van der Waals surface area contributed by atoms with E-state index in [9.17, 15) is 5.26 Å². The summed E-state index contributed by atoms with van der Waals surface area (Å²) in [7, 11) is 0. The number of aryl methyl sites for hydroxylation is 2. The summed E-state index contributed by atoms with van der Waals surface area (Å²) in [4.78, 5) is 20.7. The van der Waals surface area contributed by atoms with E-state index >= 15 is 0 Å². The van der Waals surface area contributed by atoms with Gasteiger partial charge in [0.2, 0.25) is 5.95 Å². The Morgan fingerprint density at radius 2 is 1.63 bits per heavy atom. The fourth-order valence-electron chi connectivity index (χ4n) is 3.92. The summed E-state index contributed by atoms with van der Waals surface area (Å²) in [5, 5.41) is 9.54. The molecule has 0 N–H and O–H groups in total. The zero-order chi connectivity index (χ0) is 18.8. The zero-order valence-electron chi connectivity index (χ0n) is 16.0. The fraction of sp³-hybridized carbons (Fsp3) is 0.500. The molecular weight excluding hydrogens is 338 g/mol. The van der Waals surface area contributed by atoms with Gasteiger partial charge in [-0.1, -0.05) is 0 Å². The van der Waals surface area contributed by atoms with E-state index in [2.05, 4.69) is 30.7 Å². The summed E-state index contributed by atoms with van der Waals surface area (Å²) in [6.07, 6.45) is 4.30. The molecule has 0 saturated carbocycles. The average Bonchev–Trinajstić information content (AvgIpc) is 3.23. The van der Waals surface area contributed by atoms with Gasteiger partial charge in [0.15, 0.2) is 0 Å². The van der Waals surface area contributed by atoms with Crippen LogP contribution in [0, 0.1) is 25.2 Å². The third-order valence-corrected chi connectivity index (χ3v) is 5.36. The molecule has 7 nitrogen and oxygen atoms in total. The van der Waals surface area contributed by atoms with E-state index in [1.165, 1.54) is 12.8 Å². The van der Waals surface area contributed by atoms with Crippen LogP contribution in [-0.2, 0) is 0 Å². The van der Waals surface area contributed by atoms with Crippen molar-refractivity contribution in [3.63, 3.8) is 0 Å². The molecule has 0 unspecified atom stereocenters. The van der Waals surface area contributed by atoms with Gasteiger partial charge in [0.1, 0.15) is 17.7 Å². The third-order valence-electron chi connectivity index (χ3n) is 5.36. The van der Waals surface area contributed by atoms with E-state index in [-0.39, 0.29) is 0 Å². The lowest BCUT2D eigenvalue weighted by atomic mass is 10.1. The Hall–Kier alpha value is -2.88. The van der Waals surface area contributed by atoms with Crippen molar-refractivity contribution in [2.45, 2.75) is 26.7 Å². The number of nitrogens with zero attached hydrogens (tertiary/aromatic N) is 7. The molecule has 7 heteroatoms. The molecule has 2 aliphatic rings. The van der Waals surface area contributed by atoms with Gasteiger partial charge >= 0.3 is 0 Å². The number of hydrogen-bond acceptors (Lipinski definition) is 7. The van der Waals surface area contributed by atoms with Crippen LogP contribution in [0.3, 0.4) is 0 Å². The Labute approximate surface area is 160 Å². The largest absolute Gasteiger partial charge is 0.353 e. The van der Waals surface area contributed by atoms with Gasteiger partial charge in [0.25, 0.3) is 0 Å². The number of nitriles is 1. The van der Waals surface area contributed by atoms with Crippen molar-refractivity contribution in [3.05, 3.63) is 35.2 Å². The van der Waals surface area contributed by atoms with Gasteiger partial charge in [-0.05, 0) is 44.4 Å². The topological polar surface area (TPSA) is 72.2 Å². The summed E-state index contributed by atoms with van der Waals surface area (Å²) in [5.74, 6) is 2.64. The first-order chi connectivity index (χ1) is 13.2. The second-order valence-electron chi connectivity index (χ2n) is 7.27. The van der Waals surface area contributed by atoms with Crippen LogP contribution in [0.4, 0.5) is 17.6 Å². The average molecular weight is 363 g/mol. The summed E-state index contributed by atoms with van der Waals surface area (Å²) in [5.41, 5.74) is 2.64. The van der Waals surface area contributed by atoms with E-state index in [0.717, 1.165) is 68.1 Å². The van der Waals surface area contributed by atoms with E-state index < -0.39 is 0 Å². The predicted octanol–water partition coefficient (Wildman–Crippen LogP) is 2.29. The maximum absolute atomic E-state index is 9.54. The molecule has 2 aromatic heterocycles. The molecule has 0 bridgehead atoms. The molecule has 4 rings (SSSR count). The molecule has 2 saturated heterocycles. The first-order valence-corrected chi connectivity index (χ1v) is 9.62. The van der Waals surface area contributed by atoms with Gasteiger partial charge in [0, 0.05) is 51.2 Å². The van der Waals surface area contributed by atoms with Crippen molar-refractivity contribution < 1.29 is 0 Å². The Balaban J connectivity index is 1.48. The maximum Gasteiger partial charge on any atom is 0.227 e. The lowest BCUT2D eigenvalue weighted by molar-refractivity contribution is 0.639. The van der Waals surface area contributed by atoms with E-state index in [0.29, 0.717) is 5.56 Å². The molecule has 0 atom stereocenters. The number of piperazine rings is 1. The Kier molecular flexibility index (Phi) is 4.80. The number of hydrogen-bond donors (Lipinski definition) is 0. The summed E-state index contributed by atoms with van der Waals surface area (Å²) in [6, 6.07) is 6.29. The normalized spacial score (nSPS) is 17.3. The van der Waals surface area contributed by atoms with Gasteiger partial charge < -0.3 is 14.7 Å². The van der Waals surface area contributed by atoms with Crippen LogP contribution in [0.15, 0.2) is 18.3 Å². The molecule has 2 aliphatic heterocycles. The van der Waals surface area contributed by atoms with Gasteiger partial charge in [-0.2, -0.15) is 10.2 Å². The van der Waals surface area contributed by atoms with Crippen molar-refractivity contribution in [2.75, 3.05) is 54.0 Å². The highest BCUT2D eigenvalue weighted by Gasteiger charge is 2.23. The first-order valence-electron chi connectivity index (χ1n) is 9.62. The van der Waals surface area contributed by atoms with Crippen LogP contribution in [0.2, 0.25) is 0 Å². The number of rotatable bonds is 3. The molecule has 2 fully saturated rings. The van der Waals surface area contributed by atoms with Crippen molar-refractivity contribution in [1.29, 1.82) is 5.26 Å². The lowest BCUT2D eigenvalue weighted by Gasteiger charge is -2.36. The summed E-state index contributed by atoms with van der Waals surface area (Å²) in [6.45, 7) is 9.43. The molecule has 4 heterocycles. The highest BCUT2D eigenvalue weighted by atomic mass is 15.3. The van der Waals surface area contributed by atoms with Crippen LogP contribution in [0.25, 0.3) is 0 Å². The molecule has 140 valence electrons. The van der Waals surface area contributed by atoms with E-state index in [1.807, 2.05) is 32.2 Å². The van der Waals surface area contributed by atoms with Crippen molar-refractivity contribution >= 4 is 17.6 Å². The SMILES string of the molecule is Cc1cc(C)c(C#N)c(N2CCN(c3ccnc(N4CCCC4)n3)CC2)n1. The monoisotopic (exact) mass is 363 g/mol. The first kappa shape index (κ1) is 17.5. The molecule has 27 heavy (non-hydrogen) atoms. The minimum absolute atomic E-state index is 0.687. The second-order valence-corrected chi connectivity index (χ2v) is 7.27. The van der Waals surface area contributed by atoms with Crippen molar-refractivity contribution in [2.24, 2.45) is 0 Å². The number of aromatic nitrogens is 3. The highest BCUT2D eigenvalue weighted by molar-refractivity contribution is 5.59. The predicted molar refractivity (Wildman–Crippen MR) is 106 cm³/mol. The van der Waals surface area contributed by atoms with Crippen LogP contribution in [0.5, 0.6) is 0 Å². The maximum atomic E-state index is 9.54. The second kappa shape index (κ2) is 7.39. The van der Waals surface area contributed by atoms with Crippen molar-refractivity contribution in [3.8, 4) is 6.07 Å². The van der Waals surface area contributed by atoms with Crippen LogP contribution in [0.1, 0.15) is 29.7 Å². The number of anilines is 3. The Morgan fingerprint density at radius 1 is 0.926 bits per heavy atom. The lowest BCUT2D eigenvalue weighted by Crippen LogP contribution is -2.47. The van der Waals surface area contributed by atoms with Crippen LogP contribution >= 0.6 is 0 Å². The zero-order valence-corrected chi connectivity index (χ0v) is 16.0. The highest BCUT2D eigenvalue weighted by Crippen LogP contribution is 2.25. The minimum atomic E-state index is 0.687. The van der Waals surface area contributed by atoms with E-state index in [4.69, 9.17) is 4.98 Å². The Bertz CT molecular complexity index is 859. The van der Waals surface area contributed by atoms with Gasteiger partial charge in [-0.3, -0.25) is 0 Å². The van der Waals surface area contributed by atoms with E-state index in [1.54, 1.807) is 0 Å². The minimum Gasteiger partial charge on any atom is -0.353 e. The number of pyridine rings is 1. The third kappa shape index (κ3) is 3.52. The molecule has 0 radical (unpaired) electrons. The molecular formula is C20H25N7. The fourth-order valence-corrected chi connectivity index (χ4v) is 3.92. The van der Waals surface area contributed by atoms with Gasteiger partial charge in [-0.25, -0.2) is 9.97 Å². The standard InChI is InChI=1S/C20H25N7/c1-15-13-16(2)23-19(17(15)14-21)26-11-9-25(10-12-26)18-5-6-22-20(24-18)27-7-3-4-8-27/h5-6,13H,3-4,7-12H2,1-2H3. The molecule has 0 spiro atoms. The summed E-state index contributed by atoms with van der Waals surface area (Å²) >= 11 is 0. The molecule has 0 aromatic carbocycles. The summed E-state index contributed by atoms with van der Waals surface area (Å²) < 4.78 is 0. The van der Waals surface area contributed by atoms with Gasteiger partial charge in [0.05, 0.1) is 5.56 Å². The smallest absolute Gasteiger partial charge is 0.227 e. The van der Waals surface area contributed by atoms with Crippen molar-refractivity contribution in [1.82, 2.24) is 15.0 Å².